The third-order valence-electron chi connectivity index (χ3n) is 3.26. The van der Waals surface area contributed by atoms with Crippen LogP contribution in [0.3, 0.4) is 0 Å². The van der Waals surface area contributed by atoms with Gasteiger partial charge in [-0.1, -0.05) is 42.5 Å². The monoisotopic (exact) mass is 307 g/mol. The third-order valence-corrected chi connectivity index (χ3v) is 4.36. The molecule has 1 atom stereocenters. The van der Waals surface area contributed by atoms with Crippen LogP contribution in [-0.4, -0.2) is 10.9 Å². The van der Waals surface area contributed by atoms with Crippen molar-refractivity contribution in [3.63, 3.8) is 0 Å². The molecular weight excluding hydrogens is 294 g/mol. The highest BCUT2D eigenvalue weighted by molar-refractivity contribution is 7.18. The SMILES string of the molecule is N#CC(C(=O)NCc1ccccc1)c1nc2ccccc2s1. The van der Waals surface area contributed by atoms with Crippen molar-refractivity contribution in [2.24, 2.45) is 0 Å². The fourth-order valence-corrected chi connectivity index (χ4v) is 3.14. The molecule has 1 heterocycles. The van der Waals surface area contributed by atoms with Crippen molar-refractivity contribution in [1.29, 1.82) is 5.26 Å². The summed E-state index contributed by atoms with van der Waals surface area (Å²) in [5.74, 6) is -1.19. The maximum atomic E-state index is 12.3. The minimum atomic E-state index is -0.874. The molecule has 1 aromatic heterocycles. The van der Waals surface area contributed by atoms with Crippen molar-refractivity contribution < 1.29 is 4.79 Å². The highest BCUT2D eigenvalue weighted by atomic mass is 32.1. The van der Waals surface area contributed by atoms with Crippen molar-refractivity contribution >= 4 is 27.5 Å². The minimum absolute atomic E-state index is 0.314. The molecule has 3 rings (SSSR count). The summed E-state index contributed by atoms with van der Waals surface area (Å²) >= 11 is 1.39. The lowest BCUT2D eigenvalue weighted by Gasteiger charge is -2.08. The van der Waals surface area contributed by atoms with Gasteiger partial charge in [-0.25, -0.2) is 4.98 Å². The van der Waals surface area contributed by atoms with Gasteiger partial charge in [-0.15, -0.1) is 11.3 Å². The first-order valence-corrected chi connectivity index (χ1v) is 7.66. The molecule has 0 fully saturated rings. The summed E-state index contributed by atoms with van der Waals surface area (Å²) in [5, 5.41) is 12.7. The molecular formula is C17H13N3OS. The Morgan fingerprint density at radius 1 is 1.18 bits per heavy atom. The van der Waals surface area contributed by atoms with Crippen LogP contribution in [-0.2, 0) is 11.3 Å². The summed E-state index contributed by atoms with van der Waals surface area (Å²) in [5.41, 5.74) is 1.82. The molecule has 0 radical (unpaired) electrons. The van der Waals surface area contributed by atoms with Gasteiger partial charge in [0.25, 0.3) is 0 Å². The van der Waals surface area contributed by atoms with E-state index in [9.17, 15) is 10.1 Å². The molecule has 2 aromatic carbocycles. The van der Waals surface area contributed by atoms with Crippen LogP contribution in [0.25, 0.3) is 10.2 Å². The number of nitrogens with zero attached hydrogens (tertiary/aromatic N) is 2. The van der Waals surface area contributed by atoms with Gasteiger partial charge >= 0.3 is 0 Å². The van der Waals surface area contributed by atoms with Crippen molar-refractivity contribution in [3.8, 4) is 6.07 Å². The van der Waals surface area contributed by atoms with E-state index in [1.165, 1.54) is 11.3 Å². The molecule has 0 aliphatic rings. The van der Waals surface area contributed by atoms with Crippen LogP contribution in [0, 0.1) is 11.3 Å². The van der Waals surface area contributed by atoms with E-state index in [-0.39, 0.29) is 5.91 Å². The summed E-state index contributed by atoms with van der Waals surface area (Å²) in [6.07, 6.45) is 0. The fraction of sp³-hybridized carbons (Fsp3) is 0.118. The van der Waals surface area contributed by atoms with E-state index >= 15 is 0 Å². The maximum Gasteiger partial charge on any atom is 0.244 e. The molecule has 0 bridgehead atoms. The molecule has 0 aliphatic carbocycles. The van der Waals surface area contributed by atoms with Crippen molar-refractivity contribution in [2.75, 3.05) is 0 Å². The zero-order valence-electron chi connectivity index (χ0n) is 11.7. The molecule has 1 N–H and O–H groups in total. The van der Waals surface area contributed by atoms with Crippen LogP contribution in [0.1, 0.15) is 16.5 Å². The quantitative estimate of drug-likeness (QED) is 0.805. The number of benzene rings is 2. The van der Waals surface area contributed by atoms with Gasteiger partial charge in [0.1, 0.15) is 5.01 Å². The predicted molar refractivity (Wildman–Crippen MR) is 86.3 cm³/mol. The minimum Gasteiger partial charge on any atom is -0.351 e. The van der Waals surface area contributed by atoms with Gasteiger partial charge in [0.2, 0.25) is 5.91 Å². The molecule has 108 valence electrons. The average Bonchev–Trinajstić information content (AvgIpc) is 2.98. The van der Waals surface area contributed by atoms with E-state index in [1.54, 1.807) is 0 Å². The van der Waals surface area contributed by atoms with Gasteiger partial charge in [-0.2, -0.15) is 5.26 Å². The Morgan fingerprint density at radius 3 is 2.64 bits per heavy atom. The third kappa shape index (κ3) is 2.97. The average molecular weight is 307 g/mol. The number of hydrogen-bond donors (Lipinski definition) is 1. The second-order valence-electron chi connectivity index (χ2n) is 4.79. The van der Waals surface area contributed by atoms with Gasteiger partial charge in [0.15, 0.2) is 5.92 Å². The molecule has 0 saturated carbocycles. The number of rotatable bonds is 4. The number of nitriles is 1. The van der Waals surface area contributed by atoms with Crippen molar-refractivity contribution in [2.45, 2.75) is 12.5 Å². The van der Waals surface area contributed by atoms with E-state index in [0.717, 1.165) is 15.8 Å². The first-order valence-electron chi connectivity index (χ1n) is 6.84. The highest BCUT2D eigenvalue weighted by Gasteiger charge is 2.23. The van der Waals surface area contributed by atoms with Gasteiger partial charge in [0.05, 0.1) is 16.3 Å². The van der Waals surface area contributed by atoms with E-state index in [4.69, 9.17) is 0 Å². The highest BCUT2D eigenvalue weighted by Crippen LogP contribution is 2.27. The van der Waals surface area contributed by atoms with Crippen LogP contribution in [0.5, 0.6) is 0 Å². The molecule has 22 heavy (non-hydrogen) atoms. The van der Waals surface area contributed by atoms with Gasteiger partial charge in [-0.3, -0.25) is 4.79 Å². The number of thiazole rings is 1. The fourth-order valence-electron chi connectivity index (χ4n) is 2.13. The Kier molecular flexibility index (Phi) is 4.12. The number of carbonyl (C=O) groups is 1. The standard InChI is InChI=1S/C17H13N3OS/c18-10-13(16(21)19-11-12-6-2-1-3-7-12)17-20-14-8-4-5-9-15(14)22-17/h1-9,13H,11H2,(H,19,21). The van der Waals surface area contributed by atoms with Gasteiger partial charge in [0, 0.05) is 6.54 Å². The van der Waals surface area contributed by atoms with E-state index in [0.29, 0.717) is 11.6 Å². The molecule has 5 heteroatoms. The number of nitrogens with one attached hydrogen (secondary N) is 1. The second-order valence-corrected chi connectivity index (χ2v) is 5.85. The number of hydrogen-bond acceptors (Lipinski definition) is 4. The van der Waals surface area contributed by atoms with E-state index < -0.39 is 5.92 Å². The Morgan fingerprint density at radius 2 is 1.91 bits per heavy atom. The smallest absolute Gasteiger partial charge is 0.244 e. The van der Waals surface area contributed by atoms with Crippen LogP contribution in [0.15, 0.2) is 54.6 Å². The Labute approximate surface area is 132 Å². The predicted octanol–water partition coefficient (Wildman–Crippen LogP) is 3.22. The maximum absolute atomic E-state index is 12.3. The summed E-state index contributed by atoms with van der Waals surface area (Å²) in [7, 11) is 0. The van der Waals surface area contributed by atoms with Gasteiger partial charge in [-0.05, 0) is 17.7 Å². The largest absolute Gasteiger partial charge is 0.351 e. The second kappa shape index (κ2) is 6.37. The lowest BCUT2D eigenvalue weighted by molar-refractivity contribution is -0.121. The van der Waals surface area contributed by atoms with Crippen LogP contribution in [0.4, 0.5) is 0 Å². The first-order chi connectivity index (χ1) is 10.8. The van der Waals surface area contributed by atoms with Crippen LogP contribution < -0.4 is 5.32 Å². The number of para-hydroxylation sites is 1. The zero-order chi connectivity index (χ0) is 15.4. The molecule has 1 unspecified atom stereocenters. The molecule has 0 spiro atoms. The normalized spacial score (nSPS) is 11.8. The summed E-state index contributed by atoms with van der Waals surface area (Å²) in [6.45, 7) is 0.406. The number of carbonyl (C=O) groups excluding carboxylic acids is 1. The summed E-state index contributed by atoms with van der Waals surface area (Å²) in [4.78, 5) is 16.7. The topological polar surface area (TPSA) is 65.8 Å². The number of aromatic nitrogens is 1. The molecule has 0 saturated heterocycles. The molecule has 4 nitrogen and oxygen atoms in total. The molecule has 3 aromatic rings. The lowest BCUT2D eigenvalue weighted by atomic mass is 10.1. The number of amides is 1. The zero-order valence-corrected chi connectivity index (χ0v) is 12.5. The lowest BCUT2D eigenvalue weighted by Crippen LogP contribution is -2.28. The van der Waals surface area contributed by atoms with Crippen LogP contribution in [0.2, 0.25) is 0 Å². The Hall–Kier alpha value is -2.71. The molecule has 1 amide bonds. The Bertz CT molecular complexity index is 803. The van der Waals surface area contributed by atoms with Crippen LogP contribution >= 0.6 is 11.3 Å². The number of fused-ring (bicyclic) bond motifs is 1. The van der Waals surface area contributed by atoms with Crippen molar-refractivity contribution in [3.05, 3.63) is 65.2 Å². The molecule has 0 aliphatic heterocycles. The van der Waals surface area contributed by atoms with E-state index in [2.05, 4.69) is 16.4 Å². The summed E-state index contributed by atoms with van der Waals surface area (Å²) < 4.78 is 0.980. The Balaban J connectivity index is 1.76. The van der Waals surface area contributed by atoms with Gasteiger partial charge < -0.3 is 5.32 Å². The van der Waals surface area contributed by atoms with E-state index in [1.807, 2.05) is 54.6 Å². The van der Waals surface area contributed by atoms with Crippen molar-refractivity contribution in [1.82, 2.24) is 10.3 Å². The summed E-state index contributed by atoms with van der Waals surface area (Å²) in [6, 6.07) is 19.3. The first kappa shape index (κ1) is 14.2.